The fourth-order valence-corrected chi connectivity index (χ4v) is 2.17. The van der Waals surface area contributed by atoms with Gasteiger partial charge in [-0.25, -0.2) is 4.79 Å². The third-order valence-corrected chi connectivity index (χ3v) is 3.30. The van der Waals surface area contributed by atoms with Crippen molar-refractivity contribution in [1.82, 2.24) is 5.32 Å². The molecule has 0 bridgehead atoms. The summed E-state index contributed by atoms with van der Waals surface area (Å²) in [6.45, 7) is 7.33. The zero-order chi connectivity index (χ0) is 16.8. The molecule has 0 fully saturated rings. The van der Waals surface area contributed by atoms with Crippen LogP contribution in [0, 0.1) is 0 Å². The second-order valence-corrected chi connectivity index (χ2v) is 6.78. The molecule has 1 N–H and O–H groups in total. The number of nitrogens with one attached hydrogen (secondary N) is 1. The van der Waals surface area contributed by atoms with Crippen LogP contribution in [0.1, 0.15) is 45.7 Å². The van der Waals surface area contributed by atoms with Crippen LogP contribution in [0.2, 0.25) is 0 Å². The number of benzene rings is 1. The van der Waals surface area contributed by atoms with Crippen LogP contribution in [0.25, 0.3) is 0 Å². The Kier molecular flexibility index (Phi) is 6.81. The second-order valence-electron chi connectivity index (χ2n) is 5.86. The SMILES string of the molecule is CC/C=C(\C=O)[C@H](NC(=O)OC(C)(C)C)c1ccc(Br)cc1. The number of alkyl carbamates (subject to hydrolysis) is 1. The first-order valence-corrected chi connectivity index (χ1v) is 7.96. The molecule has 1 rings (SSSR count). The Labute approximate surface area is 140 Å². The molecular weight excluding hydrogens is 346 g/mol. The number of amides is 1. The van der Waals surface area contributed by atoms with E-state index in [0.29, 0.717) is 12.0 Å². The number of ether oxygens (including phenoxy) is 1. The molecule has 22 heavy (non-hydrogen) atoms. The molecule has 0 aliphatic rings. The summed E-state index contributed by atoms with van der Waals surface area (Å²) in [4.78, 5) is 23.4. The Morgan fingerprint density at radius 2 is 1.91 bits per heavy atom. The molecule has 0 saturated carbocycles. The fourth-order valence-electron chi connectivity index (χ4n) is 1.91. The normalized spacial score (nSPS) is 13.4. The Bertz CT molecular complexity index is 544. The van der Waals surface area contributed by atoms with Gasteiger partial charge in [-0.2, -0.15) is 0 Å². The van der Waals surface area contributed by atoms with Gasteiger partial charge in [0.05, 0.1) is 6.04 Å². The summed E-state index contributed by atoms with van der Waals surface area (Å²) < 4.78 is 6.21. The van der Waals surface area contributed by atoms with Crippen LogP contribution >= 0.6 is 15.9 Å². The van der Waals surface area contributed by atoms with Crippen LogP contribution in [-0.4, -0.2) is 18.0 Å². The Hall–Kier alpha value is -1.62. The topological polar surface area (TPSA) is 55.4 Å². The second kappa shape index (κ2) is 8.13. The Morgan fingerprint density at radius 1 is 1.32 bits per heavy atom. The highest BCUT2D eigenvalue weighted by atomic mass is 79.9. The minimum atomic E-state index is -0.593. The van der Waals surface area contributed by atoms with Crippen molar-refractivity contribution in [1.29, 1.82) is 0 Å². The van der Waals surface area contributed by atoms with Gasteiger partial charge < -0.3 is 10.1 Å². The van der Waals surface area contributed by atoms with Gasteiger partial charge in [0.2, 0.25) is 0 Å². The molecule has 1 amide bonds. The molecular formula is C17H22BrNO3. The van der Waals surface area contributed by atoms with Crippen molar-refractivity contribution in [2.24, 2.45) is 0 Å². The quantitative estimate of drug-likeness (QED) is 0.613. The summed E-state index contributed by atoms with van der Waals surface area (Å²) >= 11 is 3.37. The number of hydrogen-bond donors (Lipinski definition) is 1. The van der Waals surface area contributed by atoms with Gasteiger partial charge in [0.15, 0.2) is 0 Å². The molecule has 0 spiro atoms. The number of carbonyl (C=O) groups excluding carboxylic acids is 2. The molecule has 0 radical (unpaired) electrons. The maximum absolute atomic E-state index is 12.0. The van der Waals surface area contributed by atoms with E-state index < -0.39 is 17.7 Å². The first kappa shape index (κ1) is 18.4. The zero-order valence-corrected chi connectivity index (χ0v) is 14.9. The fraction of sp³-hybridized carbons (Fsp3) is 0.412. The molecule has 120 valence electrons. The first-order chi connectivity index (χ1) is 10.3. The van der Waals surface area contributed by atoms with Crippen molar-refractivity contribution in [2.75, 3.05) is 0 Å². The average Bonchev–Trinajstić information content (AvgIpc) is 2.42. The van der Waals surface area contributed by atoms with Gasteiger partial charge in [0, 0.05) is 10.0 Å². The Balaban J connectivity index is 3.06. The summed E-state index contributed by atoms with van der Waals surface area (Å²) in [5, 5.41) is 2.77. The van der Waals surface area contributed by atoms with E-state index in [1.54, 1.807) is 26.8 Å². The lowest BCUT2D eigenvalue weighted by molar-refractivity contribution is -0.105. The molecule has 0 unspecified atom stereocenters. The van der Waals surface area contributed by atoms with Gasteiger partial charge in [-0.1, -0.05) is 41.1 Å². The molecule has 4 nitrogen and oxygen atoms in total. The van der Waals surface area contributed by atoms with E-state index in [1.807, 2.05) is 31.2 Å². The molecule has 0 aliphatic heterocycles. The largest absolute Gasteiger partial charge is 0.444 e. The average molecular weight is 368 g/mol. The van der Waals surface area contributed by atoms with Crippen LogP contribution in [0.4, 0.5) is 4.79 Å². The van der Waals surface area contributed by atoms with E-state index >= 15 is 0 Å². The number of halogens is 1. The Morgan fingerprint density at radius 3 is 2.36 bits per heavy atom. The number of allylic oxidation sites excluding steroid dienone is 1. The van der Waals surface area contributed by atoms with E-state index in [1.165, 1.54) is 0 Å². The van der Waals surface area contributed by atoms with E-state index in [4.69, 9.17) is 4.74 Å². The van der Waals surface area contributed by atoms with Gasteiger partial charge in [0.25, 0.3) is 0 Å². The predicted molar refractivity (Wildman–Crippen MR) is 90.7 cm³/mol. The number of hydrogen-bond acceptors (Lipinski definition) is 3. The van der Waals surface area contributed by atoms with Crippen LogP contribution in [-0.2, 0) is 9.53 Å². The van der Waals surface area contributed by atoms with Crippen molar-refractivity contribution in [3.63, 3.8) is 0 Å². The monoisotopic (exact) mass is 367 g/mol. The van der Waals surface area contributed by atoms with Crippen molar-refractivity contribution in [3.05, 3.63) is 46.0 Å². The predicted octanol–water partition coefficient (Wildman–Crippen LogP) is 4.55. The summed E-state index contributed by atoms with van der Waals surface area (Å²) in [6, 6.07) is 6.93. The molecule has 0 heterocycles. The highest BCUT2D eigenvalue weighted by Gasteiger charge is 2.22. The third-order valence-electron chi connectivity index (χ3n) is 2.77. The van der Waals surface area contributed by atoms with E-state index in [9.17, 15) is 9.59 Å². The summed E-state index contributed by atoms with van der Waals surface area (Å²) in [6.07, 6.45) is 2.73. The number of carbonyl (C=O) groups is 2. The van der Waals surface area contributed by atoms with E-state index in [0.717, 1.165) is 16.3 Å². The van der Waals surface area contributed by atoms with Gasteiger partial charge in [-0.3, -0.25) is 4.79 Å². The molecule has 1 aromatic carbocycles. The summed E-state index contributed by atoms with van der Waals surface area (Å²) in [5.41, 5.74) is 0.737. The molecule has 0 aromatic heterocycles. The van der Waals surface area contributed by atoms with E-state index in [-0.39, 0.29) is 0 Å². The lowest BCUT2D eigenvalue weighted by atomic mass is 9.99. The maximum atomic E-state index is 12.0. The van der Waals surface area contributed by atoms with Crippen LogP contribution in [0.3, 0.4) is 0 Å². The first-order valence-electron chi connectivity index (χ1n) is 7.17. The van der Waals surface area contributed by atoms with Crippen LogP contribution < -0.4 is 5.32 Å². The smallest absolute Gasteiger partial charge is 0.408 e. The lowest BCUT2D eigenvalue weighted by Gasteiger charge is -2.24. The number of aldehydes is 1. The molecule has 0 aliphatic carbocycles. The van der Waals surface area contributed by atoms with Gasteiger partial charge in [0.1, 0.15) is 11.9 Å². The van der Waals surface area contributed by atoms with Crippen molar-refractivity contribution >= 4 is 28.3 Å². The minimum absolute atomic E-state index is 0.510. The van der Waals surface area contributed by atoms with Gasteiger partial charge in [-0.05, 0) is 44.9 Å². The maximum Gasteiger partial charge on any atom is 0.408 e. The van der Waals surface area contributed by atoms with E-state index in [2.05, 4.69) is 21.2 Å². The molecule has 0 saturated heterocycles. The molecule has 5 heteroatoms. The highest BCUT2D eigenvalue weighted by Crippen LogP contribution is 2.23. The summed E-state index contributed by atoms with van der Waals surface area (Å²) in [5.74, 6) is 0. The molecule has 1 aromatic rings. The minimum Gasteiger partial charge on any atom is -0.444 e. The van der Waals surface area contributed by atoms with Gasteiger partial charge >= 0.3 is 6.09 Å². The summed E-state index contributed by atoms with van der Waals surface area (Å²) in [7, 11) is 0. The van der Waals surface area contributed by atoms with Crippen molar-refractivity contribution in [2.45, 2.75) is 45.8 Å². The van der Waals surface area contributed by atoms with Crippen LogP contribution in [0.5, 0.6) is 0 Å². The number of rotatable bonds is 5. The van der Waals surface area contributed by atoms with Gasteiger partial charge in [-0.15, -0.1) is 0 Å². The van der Waals surface area contributed by atoms with Crippen molar-refractivity contribution in [3.8, 4) is 0 Å². The molecule has 1 atom stereocenters. The highest BCUT2D eigenvalue weighted by molar-refractivity contribution is 9.10. The third kappa shape index (κ3) is 6.02. The lowest BCUT2D eigenvalue weighted by Crippen LogP contribution is -2.36. The van der Waals surface area contributed by atoms with Crippen LogP contribution in [0.15, 0.2) is 40.4 Å². The zero-order valence-electron chi connectivity index (χ0n) is 13.4. The van der Waals surface area contributed by atoms with Crippen molar-refractivity contribution < 1.29 is 14.3 Å². The standard InChI is InChI=1S/C17H22BrNO3/c1-5-6-13(11-20)15(12-7-9-14(18)10-8-12)19-16(21)22-17(2,3)4/h6-11,15H,5H2,1-4H3,(H,19,21)/b13-6+/t15-/m1/s1.